The number of hydrogen-bond donors (Lipinski definition) is 1. The van der Waals surface area contributed by atoms with Crippen LogP contribution in [0.4, 0.5) is 8.78 Å². The third kappa shape index (κ3) is 3.90. The second-order valence-electron chi connectivity index (χ2n) is 6.38. The third-order valence-electron chi connectivity index (χ3n) is 4.43. The molecule has 1 atom stereocenters. The van der Waals surface area contributed by atoms with Gasteiger partial charge in [0.2, 0.25) is 0 Å². The predicted molar refractivity (Wildman–Crippen MR) is 92.4 cm³/mol. The minimum absolute atomic E-state index is 0.168. The molecule has 0 bridgehead atoms. The topological polar surface area (TPSA) is 55.4 Å². The summed E-state index contributed by atoms with van der Waals surface area (Å²) in [5.41, 5.74) is 1.52. The first-order valence-electron chi connectivity index (χ1n) is 8.45. The number of hydrogen-bond acceptors (Lipinski definition) is 3. The van der Waals surface area contributed by atoms with E-state index in [1.54, 1.807) is 19.1 Å². The molecule has 0 fully saturated rings. The first-order valence-corrected chi connectivity index (χ1v) is 8.45. The summed E-state index contributed by atoms with van der Waals surface area (Å²) in [6.07, 6.45) is 0.810. The van der Waals surface area contributed by atoms with Crippen molar-refractivity contribution in [2.45, 2.75) is 25.7 Å². The van der Waals surface area contributed by atoms with Gasteiger partial charge in [0.1, 0.15) is 17.4 Å². The zero-order valence-electron chi connectivity index (χ0n) is 14.4. The van der Waals surface area contributed by atoms with E-state index < -0.39 is 5.82 Å². The van der Waals surface area contributed by atoms with E-state index in [0.717, 1.165) is 5.56 Å². The van der Waals surface area contributed by atoms with Crippen LogP contribution in [0.2, 0.25) is 0 Å². The minimum Gasteiger partial charge on any atom is -0.483 e. The Kier molecular flexibility index (Phi) is 5.30. The molecule has 0 heterocycles. The highest BCUT2D eigenvalue weighted by atomic mass is 19.1. The fraction of sp³-hybridized carbons (Fsp3) is 0.300. The molecule has 6 heteroatoms. The first-order chi connectivity index (χ1) is 12.5. The lowest BCUT2D eigenvalue weighted by Crippen LogP contribution is -2.30. The van der Waals surface area contributed by atoms with E-state index in [0.29, 0.717) is 18.5 Å². The Balaban J connectivity index is 1.54. The van der Waals surface area contributed by atoms with Crippen molar-refractivity contribution < 1.29 is 23.1 Å². The average molecular weight is 359 g/mol. The number of carbonyl (C=O) groups excluding carboxylic acids is 2. The average Bonchev–Trinajstić information content (AvgIpc) is 2.92. The maximum absolute atomic E-state index is 13.9. The molecule has 3 rings (SSSR count). The van der Waals surface area contributed by atoms with Gasteiger partial charge in [0.05, 0.1) is 5.56 Å². The van der Waals surface area contributed by atoms with E-state index in [9.17, 15) is 18.4 Å². The van der Waals surface area contributed by atoms with Crippen LogP contribution in [-0.2, 0) is 11.2 Å². The van der Waals surface area contributed by atoms with Gasteiger partial charge in [-0.05, 0) is 42.2 Å². The fourth-order valence-electron chi connectivity index (χ4n) is 3.14. The Morgan fingerprint density at radius 3 is 2.65 bits per heavy atom. The molecular weight excluding hydrogens is 340 g/mol. The molecule has 0 spiro atoms. The number of halogens is 2. The molecule has 2 aromatic carbocycles. The molecule has 26 heavy (non-hydrogen) atoms. The quantitative estimate of drug-likeness (QED) is 0.860. The zero-order chi connectivity index (χ0) is 18.7. The minimum atomic E-state index is -0.422. The monoisotopic (exact) mass is 359 g/mol. The Morgan fingerprint density at radius 1 is 1.19 bits per heavy atom. The summed E-state index contributed by atoms with van der Waals surface area (Å²) in [5, 5.41) is 2.70. The van der Waals surface area contributed by atoms with E-state index in [4.69, 9.17) is 4.74 Å². The largest absolute Gasteiger partial charge is 0.483 e. The molecule has 0 radical (unpaired) electrons. The van der Waals surface area contributed by atoms with Crippen LogP contribution in [0.3, 0.4) is 0 Å². The van der Waals surface area contributed by atoms with Gasteiger partial charge in [-0.1, -0.05) is 19.1 Å². The summed E-state index contributed by atoms with van der Waals surface area (Å²) in [6, 6.07) is 8.70. The molecule has 2 aromatic rings. The van der Waals surface area contributed by atoms with Crippen molar-refractivity contribution in [1.82, 2.24) is 5.32 Å². The molecule has 0 aliphatic heterocycles. The van der Waals surface area contributed by atoms with Gasteiger partial charge in [-0.3, -0.25) is 9.59 Å². The molecule has 0 unspecified atom stereocenters. The van der Waals surface area contributed by atoms with E-state index in [1.807, 2.05) is 0 Å². The number of fused-ring (bicyclic) bond motifs is 1. The van der Waals surface area contributed by atoms with Gasteiger partial charge in [0.15, 0.2) is 12.4 Å². The van der Waals surface area contributed by atoms with E-state index in [1.165, 1.54) is 24.3 Å². The SMILES string of the molecule is C[C@@H]1CC(=O)c2c(OCC(=O)NCCc3ccc(F)cc3)ccc(F)c21. The zero-order valence-corrected chi connectivity index (χ0v) is 14.4. The van der Waals surface area contributed by atoms with Gasteiger partial charge in [0.25, 0.3) is 5.91 Å². The van der Waals surface area contributed by atoms with Crippen molar-refractivity contribution in [3.8, 4) is 5.75 Å². The number of ketones is 1. The summed E-state index contributed by atoms with van der Waals surface area (Å²) in [4.78, 5) is 24.0. The third-order valence-corrected chi connectivity index (χ3v) is 4.43. The molecule has 0 saturated carbocycles. The van der Waals surface area contributed by atoms with Crippen molar-refractivity contribution in [3.05, 3.63) is 64.7 Å². The number of benzene rings is 2. The number of ether oxygens (including phenoxy) is 1. The molecule has 1 aliphatic carbocycles. The Labute approximate surface area is 150 Å². The standard InChI is InChI=1S/C20H19F2NO3/c1-12-10-16(24)20-17(7-6-15(22)19(12)20)26-11-18(25)23-9-8-13-2-4-14(21)5-3-13/h2-7,12H,8-11H2,1H3,(H,23,25)/t12-/m1/s1. The molecule has 136 valence electrons. The maximum atomic E-state index is 13.9. The van der Waals surface area contributed by atoms with Crippen LogP contribution in [0.5, 0.6) is 5.75 Å². The lowest BCUT2D eigenvalue weighted by molar-refractivity contribution is -0.123. The Morgan fingerprint density at radius 2 is 1.92 bits per heavy atom. The Bertz CT molecular complexity index is 834. The van der Waals surface area contributed by atoms with E-state index in [-0.39, 0.29) is 47.8 Å². The summed E-state index contributed by atoms with van der Waals surface area (Å²) in [6.45, 7) is 1.91. The fourth-order valence-corrected chi connectivity index (χ4v) is 3.14. The molecule has 1 aliphatic rings. The first kappa shape index (κ1) is 18.0. The molecule has 0 saturated heterocycles. The number of Topliss-reactive ketones (excluding diaryl/α,β-unsaturated/α-hetero) is 1. The number of amides is 1. The van der Waals surface area contributed by atoms with Gasteiger partial charge in [-0.25, -0.2) is 8.78 Å². The van der Waals surface area contributed by atoms with Crippen molar-refractivity contribution in [1.29, 1.82) is 0 Å². The van der Waals surface area contributed by atoms with Crippen LogP contribution in [0.15, 0.2) is 36.4 Å². The van der Waals surface area contributed by atoms with Crippen LogP contribution >= 0.6 is 0 Å². The van der Waals surface area contributed by atoms with Gasteiger partial charge >= 0.3 is 0 Å². The maximum Gasteiger partial charge on any atom is 0.257 e. The Hall–Kier alpha value is -2.76. The molecule has 1 N–H and O–H groups in total. The van der Waals surface area contributed by atoms with Crippen molar-refractivity contribution in [2.75, 3.05) is 13.2 Å². The molecule has 4 nitrogen and oxygen atoms in total. The van der Waals surface area contributed by atoms with Crippen LogP contribution in [0.25, 0.3) is 0 Å². The number of carbonyl (C=O) groups is 2. The van der Waals surface area contributed by atoms with Crippen LogP contribution in [0.1, 0.15) is 40.7 Å². The summed E-state index contributed by atoms with van der Waals surface area (Å²) < 4.78 is 32.2. The number of nitrogens with one attached hydrogen (secondary N) is 1. The van der Waals surface area contributed by atoms with Crippen LogP contribution in [-0.4, -0.2) is 24.8 Å². The highest BCUT2D eigenvalue weighted by Crippen LogP contribution is 2.39. The van der Waals surface area contributed by atoms with Crippen molar-refractivity contribution in [3.63, 3.8) is 0 Å². The van der Waals surface area contributed by atoms with Gasteiger partial charge in [0, 0.05) is 18.5 Å². The van der Waals surface area contributed by atoms with Crippen molar-refractivity contribution in [2.24, 2.45) is 0 Å². The predicted octanol–water partition coefficient (Wildman–Crippen LogP) is 3.39. The summed E-state index contributed by atoms with van der Waals surface area (Å²) >= 11 is 0. The normalized spacial score (nSPS) is 15.7. The van der Waals surface area contributed by atoms with Crippen molar-refractivity contribution >= 4 is 11.7 Å². The highest BCUT2D eigenvalue weighted by Gasteiger charge is 2.32. The summed E-state index contributed by atoms with van der Waals surface area (Å²) in [7, 11) is 0. The molecule has 0 aromatic heterocycles. The molecular formula is C20H19F2NO3. The highest BCUT2D eigenvalue weighted by molar-refractivity contribution is 6.03. The molecule has 1 amide bonds. The van der Waals surface area contributed by atoms with E-state index >= 15 is 0 Å². The van der Waals surface area contributed by atoms with Gasteiger partial charge < -0.3 is 10.1 Å². The lowest BCUT2D eigenvalue weighted by Gasteiger charge is -2.12. The smallest absolute Gasteiger partial charge is 0.257 e. The lowest BCUT2D eigenvalue weighted by atomic mass is 10.0. The van der Waals surface area contributed by atoms with E-state index in [2.05, 4.69) is 5.32 Å². The number of rotatable bonds is 6. The van der Waals surface area contributed by atoms with Crippen LogP contribution in [0, 0.1) is 11.6 Å². The van der Waals surface area contributed by atoms with Gasteiger partial charge in [-0.15, -0.1) is 0 Å². The van der Waals surface area contributed by atoms with Gasteiger partial charge in [-0.2, -0.15) is 0 Å². The second kappa shape index (κ2) is 7.64. The second-order valence-corrected chi connectivity index (χ2v) is 6.38. The summed E-state index contributed by atoms with van der Waals surface area (Å²) in [5.74, 6) is -1.19. The van der Waals surface area contributed by atoms with Crippen LogP contribution < -0.4 is 10.1 Å².